The van der Waals surface area contributed by atoms with Crippen LogP contribution in [0.5, 0.6) is 0 Å². The van der Waals surface area contributed by atoms with Crippen molar-refractivity contribution in [1.29, 1.82) is 0 Å². The molecule has 1 aliphatic rings. The molecule has 0 spiro atoms. The molecule has 2 unspecified atom stereocenters. The average molecular weight is 270 g/mol. The van der Waals surface area contributed by atoms with Gasteiger partial charge >= 0.3 is 0 Å². The van der Waals surface area contributed by atoms with Crippen LogP contribution in [0.3, 0.4) is 0 Å². The number of hydrogen-bond acceptors (Lipinski definition) is 4. The molecule has 2 N–H and O–H groups in total. The van der Waals surface area contributed by atoms with E-state index in [1.807, 2.05) is 0 Å². The normalized spacial score (nSPS) is 22.7. The molecule has 102 valence electrons. The average Bonchev–Trinajstić information content (AvgIpc) is 2.84. The molecular formula is C13H22N2O2S. The molecule has 0 aliphatic carbocycles. The lowest BCUT2D eigenvalue weighted by atomic mass is 10.0. The second-order valence-electron chi connectivity index (χ2n) is 4.25. The molecule has 1 fully saturated rings. The predicted molar refractivity (Wildman–Crippen MR) is 75.6 cm³/mol. The molecule has 0 aromatic carbocycles. The van der Waals surface area contributed by atoms with Gasteiger partial charge in [-0.1, -0.05) is 12.8 Å². The number of carbonyl (C=O) groups is 1. The number of rotatable bonds is 8. The van der Waals surface area contributed by atoms with Gasteiger partial charge in [0, 0.05) is 18.3 Å². The number of amides is 1. The van der Waals surface area contributed by atoms with E-state index in [9.17, 15) is 4.79 Å². The van der Waals surface area contributed by atoms with Crippen LogP contribution in [0.4, 0.5) is 0 Å². The largest absolute Gasteiger partial charge is 0.379 e. The Kier molecular flexibility index (Phi) is 7.90. The van der Waals surface area contributed by atoms with Gasteiger partial charge in [-0.2, -0.15) is 0 Å². The zero-order valence-corrected chi connectivity index (χ0v) is 11.7. The van der Waals surface area contributed by atoms with E-state index in [-0.39, 0.29) is 17.9 Å². The summed E-state index contributed by atoms with van der Waals surface area (Å²) in [5, 5.41) is 6.30. The van der Waals surface area contributed by atoms with Crippen LogP contribution < -0.4 is 10.6 Å². The van der Waals surface area contributed by atoms with Crippen molar-refractivity contribution < 1.29 is 9.53 Å². The molecule has 1 aliphatic heterocycles. The Morgan fingerprint density at radius 3 is 3.06 bits per heavy atom. The predicted octanol–water partition coefficient (Wildman–Crippen LogP) is 0.484. The van der Waals surface area contributed by atoms with Gasteiger partial charge in [0.05, 0.1) is 24.9 Å². The minimum atomic E-state index is -0.0609. The number of hydrogen-bond donors (Lipinski definition) is 2. The van der Waals surface area contributed by atoms with Gasteiger partial charge in [-0.05, 0) is 13.0 Å². The van der Waals surface area contributed by atoms with Crippen molar-refractivity contribution in [2.75, 3.05) is 37.8 Å². The van der Waals surface area contributed by atoms with Crippen molar-refractivity contribution in [1.82, 2.24) is 10.6 Å². The quantitative estimate of drug-likeness (QED) is 0.498. The Bertz CT molecular complexity index is 291. The highest BCUT2D eigenvalue weighted by Gasteiger charge is 2.33. The highest BCUT2D eigenvalue weighted by molar-refractivity contribution is 7.99. The second kappa shape index (κ2) is 9.26. The smallest absolute Gasteiger partial charge is 0.227 e. The summed E-state index contributed by atoms with van der Waals surface area (Å²) in [6.07, 6.45) is 6.21. The minimum absolute atomic E-state index is 0.0609. The summed E-state index contributed by atoms with van der Waals surface area (Å²) in [5.41, 5.74) is 0. The molecule has 4 nitrogen and oxygen atoms in total. The molecule has 0 aromatic rings. The Labute approximate surface area is 114 Å². The van der Waals surface area contributed by atoms with Gasteiger partial charge in [-0.15, -0.1) is 18.2 Å². The monoisotopic (exact) mass is 270 g/mol. The Hall–Kier alpha value is -0.700. The summed E-state index contributed by atoms with van der Waals surface area (Å²) in [7, 11) is 0. The second-order valence-corrected chi connectivity index (χ2v) is 5.36. The molecule has 1 rings (SSSR count). The zero-order valence-electron chi connectivity index (χ0n) is 10.9. The van der Waals surface area contributed by atoms with Crippen molar-refractivity contribution in [3.63, 3.8) is 0 Å². The van der Waals surface area contributed by atoms with Gasteiger partial charge < -0.3 is 15.4 Å². The summed E-state index contributed by atoms with van der Waals surface area (Å²) in [6.45, 7) is 4.85. The lowest BCUT2D eigenvalue weighted by Gasteiger charge is -2.18. The Morgan fingerprint density at radius 2 is 2.33 bits per heavy atom. The first kappa shape index (κ1) is 15.4. The summed E-state index contributed by atoms with van der Waals surface area (Å²) in [4.78, 5) is 12.0. The number of thioether (sulfide) groups is 1. The number of ether oxygens (including phenoxy) is 1. The van der Waals surface area contributed by atoms with E-state index in [1.54, 1.807) is 11.8 Å². The molecule has 1 heterocycles. The molecule has 5 heteroatoms. The number of nitrogens with one attached hydrogen (secondary N) is 2. The van der Waals surface area contributed by atoms with Crippen molar-refractivity contribution in [2.24, 2.45) is 5.92 Å². The lowest BCUT2D eigenvalue weighted by molar-refractivity contribution is -0.125. The summed E-state index contributed by atoms with van der Waals surface area (Å²) in [6, 6.07) is 0.156. The van der Waals surface area contributed by atoms with E-state index in [4.69, 9.17) is 11.2 Å². The van der Waals surface area contributed by atoms with Crippen LogP contribution in [-0.2, 0) is 9.53 Å². The first-order valence-electron chi connectivity index (χ1n) is 6.39. The molecule has 1 amide bonds. The van der Waals surface area contributed by atoms with Crippen molar-refractivity contribution in [3.05, 3.63) is 0 Å². The third-order valence-electron chi connectivity index (χ3n) is 2.80. The fourth-order valence-corrected chi connectivity index (χ4v) is 2.36. The number of carbonyl (C=O) groups excluding carboxylic acids is 1. The summed E-state index contributed by atoms with van der Waals surface area (Å²) in [5.74, 6) is 4.14. The van der Waals surface area contributed by atoms with Crippen LogP contribution in [-0.4, -0.2) is 49.8 Å². The van der Waals surface area contributed by atoms with Crippen molar-refractivity contribution in [3.8, 4) is 12.3 Å². The van der Waals surface area contributed by atoms with Crippen LogP contribution in [0.15, 0.2) is 0 Å². The number of terminal acetylenes is 1. The van der Waals surface area contributed by atoms with Gasteiger partial charge in [0.1, 0.15) is 0 Å². The van der Waals surface area contributed by atoms with E-state index in [0.29, 0.717) is 25.5 Å². The molecule has 0 radical (unpaired) electrons. The van der Waals surface area contributed by atoms with E-state index in [2.05, 4.69) is 23.5 Å². The first-order valence-corrected chi connectivity index (χ1v) is 7.55. The molecule has 18 heavy (non-hydrogen) atoms. The maximum absolute atomic E-state index is 12.0. The van der Waals surface area contributed by atoms with Crippen LogP contribution in [0, 0.1) is 18.3 Å². The van der Waals surface area contributed by atoms with Crippen LogP contribution in [0.2, 0.25) is 0 Å². The molecule has 2 atom stereocenters. The van der Waals surface area contributed by atoms with Gasteiger partial charge in [0.25, 0.3) is 0 Å². The van der Waals surface area contributed by atoms with Crippen molar-refractivity contribution >= 4 is 17.7 Å². The fraction of sp³-hybridized carbons (Fsp3) is 0.769. The SMILES string of the molecule is C#CCSCCNC(=O)C1COCC1NCCC. The maximum Gasteiger partial charge on any atom is 0.227 e. The third kappa shape index (κ3) is 5.30. The third-order valence-corrected chi connectivity index (χ3v) is 3.67. The van der Waals surface area contributed by atoms with Crippen LogP contribution in [0.1, 0.15) is 13.3 Å². The van der Waals surface area contributed by atoms with E-state index >= 15 is 0 Å². The maximum atomic E-state index is 12.0. The highest BCUT2D eigenvalue weighted by Crippen LogP contribution is 2.13. The highest BCUT2D eigenvalue weighted by atomic mass is 32.2. The molecule has 0 aromatic heterocycles. The molecule has 0 saturated carbocycles. The van der Waals surface area contributed by atoms with Crippen molar-refractivity contribution in [2.45, 2.75) is 19.4 Å². The van der Waals surface area contributed by atoms with Gasteiger partial charge in [-0.25, -0.2) is 0 Å². The Balaban J connectivity index is 2.21. The van der Waals surface area contributed by atoms with Crippen LogP contribution in [0.25, 0.3) is 0 Å². The first-order chi connectivity index (χ1) is 8.79. The summed E-state index contributed by atoms with van der Waals surface area (Å²) >= 11 is 1.65. The summed E-state index contributed by atoms with van der Waals surface area (Å²) < 4.78 is 5.38. The van der Waals surface area contributed by atoms with Gasteiger partial charge in [0.15, 0.2) is 0 Å². The topological polar surface area (TPSA) is 50.4 Å². The van der Waals surface area contributed by atoms with Gasteiger partial charge in [-0.3, -0.25) is 4.79 Å². The van der Waals surface area contributed by atoms with E-state index in [1.165, 1.54) is 0 Å². The lowest BCUT2D eigenvalue weighted by Crippen LogP contribution is -2.44. The fourth-order valence-electron chi connectivity index (χ4n) is 1.85. The minimum Gasteiger partial charge on any atom is -0.379 e. The Morgan fingerprint density at radius 1 is 1.50 bits per heavy atom. The van der Waals surface area contributed by atoms with E-state index < -0.39 is 0 Å². The zero-order chi connectivity index (χ0) is 13.2. The van der Waals surface area contributed by atoms with Crippen LogP contribution >= 0.6 is 11.8 Å². The molecule has 1 saturated heterocycles. The standard InChI is InChI=1S/C13H22N2O2S/c1-3-5-14-12-10-17-9-11(12)13(16)15-6-8-18-7-4-2/h2,11-12,14H,3,5-10H2,1H3,(H,15,16). The molecule has 0 bridgehead atoms. The van der Waals surface area contributed by atoms with Gasteiger partial charge in [0.2, 0.25) is 5.91 Å². The van der Waals surface area contributed by atoms with E-state index in [0.717, 1.165) is 18.7 Å². The molecular weight excluding hydrogens is 248 g/mol.